The number of nitrogens with zero attached hydrogens (tertiary/aromatic N) is 3. The van der Waals surface area contributed by atoms with Gasteiger partial charge in [-0.05, 0) is 54.1 Å². The first kappa shape index (κ1) is 17.2. The molecule has 1 unspecified atom stereocenters. The van der Waals surface area contributed by atoms with Crippen LogP contribution in [0.15, 0.2) is 30.5 Å². The van der Waals surface area contributed by atoms with E-state index in [1.165, 1.54) is 0 Å². The summed E-state index contributed by atoms with van der Waals surface area (Å²) in [6.45, 7) is 7.15. The Balaban J connectivity index is 2.16. The maximum absolute atomic E-state index is 9.37. The molecule has 0 spiro atoms. The van der Waals surface area contributed by atoms with E-state index in [0.29, 0.717) is 35.4 Å². The van der Waals surface area contributed by atoms with Crippen molar-refractivity contribution < 1.29 is 4.74 Å². The molecule has 0 aliphatic heterocycles. The van der Waals surface area contributed by atoms with Crippen molar-refractivity contribution in [2.24, 2.45) is 11.8 Å². The maximum atomic E-state index is 9.37. The van der Waals surface area contributed by atoms with E-state index in [1.54, 1.807) is 18.3 Å². The van der Waals surface area contributed by atoms with E-state index < -0.39 is 0 Å². The summed E-state index contributed by atoms with van der Waals surface area (Å²) in [4.78, 5) is 8.02. The normalized spacial score (nSPS) is 12.0. The summed E-state index contributed by atoms with van der Waals surface area (Å²) >= 11 is 5.81. The van der Waals surface area contributed by atoms with Gasteiger partial charge in [-0.25, -0.2) is 9.97 Å². The molecule has 0 aliphatic rings. The van der Waals surface area contributed by atoms with Crippen LogP contribution in [0.5, 0.6) is 5.75 Å². The molecule has 0 amide bonds. The van der Waals surface area contributed by atoms with E-state index in [9.17, 15) is 5.26 Å². The lowest BCUT2D eigenvalue weighted by Gasteiger charge is -2.16. The number of hydrogen-bond acceptors (Lipinski definition) is 4. The zero-order valence-electron chi connectivity index (χ0n) is 13.6. The lowest BCUT2D eigenvalue weighted by atomic mass is 10.00. The molecule has 0 N–H and O–H groups in total. The number of rotatable bonds is 6. The molecule has 0 saturated heterocycles. The second-order valence-corrected chi connectivity index (χ2v) is 6.42. The van der Waals surface area contributed by atoms with Gasteiger partial charge in [0.2, 0.25) is 5.28 Å². The highest BCUT2D eigenvalue weighted by Gasteiger charge is 2.11. The van der Waals surface area contributed by atoms with Crippen LogP contribution in [-0.4, -0.2) is 16.6 Å². The number of ether oxygens (including phenoxy) is 1. The minimum Gasteiger partial charge on any atom is -0.492 e. The van der Waals surface area contributed by atoms with Gasteiger partial charge in [-0.15, -0.1) is 0 Å². The van der Waals surface area contributed by atoms with Gasteiger partial charge in [-0.2, -0.15) is 5.26 Å². The third-order valence-electron chi connectivity index (χ3n) is 3.42. The van der Waals surface area contributed by atoms with Gasteiger partial charge in [0.1, 0.15) is 11.8 Å². The van der Waals surface area contributed by atoms with Gasteiger partial charge >= 0.3 is 0 Å². The predicted molar refractivity (Wildman–Crippen MR) is 91.3 cm³/mol. The van der Waals surface area contributed by atoms with Crippen LogP contribution in [0.3, 0.4) is 0 Å². The zero-order chi connectivity index (χ0) is 16.8. The largest absolute Gasteiger partial charge is 0.492 e. The van der Waals surface area contributed by atoms with Crippen LogP contribution in [-0.2, 0) is 0 Å². The molecule has 2 rings (SSSR count). The summed E-state index contributed by atoms with van der Waals surface area (Å²) in [6.07, 6.45) is 2.69. The topological polar surface area (TPSA) is 58.8 Å². The van der Waals surface area contributed by atoms with Crippen molar-refractivity contribution in [3.8, 4) is 23.1 Å². The van der Waals surface area contributed by atoms with Gasteiger partial charge in [0.05, 0.1) is 17.9 Å². The van der Waals surface area contributed by atoms with E-state index in [4.69, 9.17) is 16.3 Å². The van der Waals surface area contributed by atoms with Crippen LogP contribution in [0.25, 0.3) is 11.3 Å². The van der Waals surface area contributed by atoms with Gasteiger partial charge < -0.3 is 4.74 Å². The molecule has 0 fully saturated rings. The van der Waals surface area contributed by atoms with Crippen LogP contribution in [0.1, 0.15) is 32.8 Å². The zero-order valence-corrected chi connectivity index (χ0v) is 14.3. The fourth-order valence-electron chi connectivity index (χ4n) is 2.50. The fourth-order valence-corrected chi connectivity index (χ4v) is 2.65. The second kappa shape index (κ2) is 7.94. The van der Waals surface area contributed by atoms with Gasteiger partial charge in [-0.1, -0.05) is 20.8 Å². The van der Waals surface area contributed by atoms with Crippen molar-refractivity contribution in [1.82, 2.24) is 9.97 Å². The Hall–Kier alpha value is -2.12. The Labute approximate surface area is 142 Å². The number of aromatic nitrogens is 2. The first-order valence-electron chi connectivity index (χ1n) is 7.65. The number of halogens is 1. The molecule has 1 heterocycles. The van der Waals surface area contributed by atoms with Crippen molar-refractivity contribution in [3.05, 3.63) is 41.3 Å². The second-order valence-electron chi connectivity index (χ2n) is 6.08. The molecule has 0 saturated carbocycles. The highest BCUT2D eigenvalue weighted by atomic mass is 35.5. The molecular formula is C18H20ClN3O. The van der Waals surface area contributed by atoms with Crippen LogP contribution >= 0.6 is 11.6 Å². The lowest BCUT2D eigenvalue weighted by molar-refractivity contribution is 0.238. The fraction of sp³-hybridized carbons (Fsp3) is 0.389. The van der Waals surface area contributed by atoms with Crippen LogP contribution in [0.4, 0.5) is 0 Å². The summed E-state index contributed by atoms with van der Waals surface area (Å²) in [6, 6.07) is 9.39. The quantitative estimate of drug-likeness (QED) is 0.719. The summed E-state index contributed by atoms with van der Waals surface area (Å²) in [5, 5.41) is 9.55. The Bertz CT molecular complexity index is 710. The molecule has 0 radical (unpaired) electrons. The van der Waals surface area contributed by atoms with Crippen molar-refractivity contribution in [2.45, 2.75) is 27.2 Å². The van der Waals surface area contributed by atoms with Gasteiger partial charge in [0.25, 0.3) is 0 Å². The molecule has 23 heavy (non-hydrogen) atoms. The highest BCUT2D eigenvalue weighted by molar-refractivity contribution is 6.28. The smallest absolute Gasteiger partial charge is 0.222 e. The summed E-state index contributed by atoms with van der Waals surface area (Å²) in [5.41, 5.74) is 1.99. The summed E-state index contributed by atoms with van der Waals surface area (Å²) in [7, 11) is 0. The highest BCUT2D eigenvalue weighted by Crippen LogP contribution is 2.26. The average Bonchev–Trinajstić information content (AvgIpc) is 2.52. The van der Waals surface area contributed by atoms with Gasteiger partial charge in [0.15, 0.2) is 0 Å². The predicted octanol–water partition coefficient (Wildman–Crippen LogP) is 4.73. The molecule has 1 aromatic carbocycles. The third-order valence-corrected chi connectivity index (χ3v) is 3.60. The van der Waals surface area contributed by atoms with Gasteiger partial charge in [-0.3, -0.25) is 0 Å². The van der Waals surface area contributed by atoms with Gasteiger partial charge in [0, 0.05) is 11.8 Å². The monoisotopic (exact) mass is 329 g/mol. The van der Waals surface area contributed by atoms with E-state index in [-0.39, 0.29) is 5.28 Å². The molecule has 1 atom stereocenters. The Morgan fingerprint density at radius 1 is 1.26 bits per heavy atom. The summed E-state index contributed by atoms with van der Waals surface area (Å²) < 4.78 is 5.82. The van der Waals surface area contributed by atoms with Crippen LogP contribution in [0.2, 0.25) is 5.28 Å². The first-order valence-corrected chi connectivity index (χ1v) is 8.03. The first-order chi connectivity index (χ1) is 11.0. The van der Waals surface area contributed by atoms with E-state index in [2.05, 4.69) is 36.8 Å². The molecule has 120 valence electrons. The Morgan fingerprint density at radius 2 is 2.04 bits per heavy atom. The van der Waals surface area contributed by atoms with Crippen molar-refractivity contribution in [2.75, 3.05) is 6.61 Å². The molecule has 1 aromatic heterocycles. The van der Waals surface area contributed by atoms with E-state index in [0.717, 1.165) is 12.0 Å². The Kier molecular flexibility index (Phi) is 5.95. The third kappa shape index (κ3) is 4.94. The van der Waals surface area contributed by atoms with Crippen molar-refractivity contribution in [1.29, 1.82) is 5.26 Å². The maximum Gasteiger partial charge on any atom is 0.222 e. The molecule has 0 bridgehead atoms. The standard InChI is InChI=1S/C18H20ClN3O/c1-12(2)8-13(3)11-23-17-5-4-14(9-15(17)10-20)16-6-7-21-18(19)22-16/h4-7,9,12-13H,8,11H2,1-3H3. The lowest BCUT2D eigenvalue weighted by Crippen LogP contribution is -2.11. The molecule has 5 heteroatoms. The number of benzene rings is 1. The van der Waals surface area contributed by atoms with Crippen LogP contribution < -0.4 is 4.74 Å². The minimum absolute atomic E-state index is 0.184. The molecule has 2 aromatic rings. The summed E-state index contributed by atoms with van der Waals surface area (Å²) in [5.74, 6) is 1.68. The molecular weight excluding hydrogens is 310 g/mol. The van der Waals surface area contributed by atoms with Crippen molar-refractivity contribution >= 4 is 11.6 Å². The minimum atomic E-state index is 0.184. The van der Waals surface area contributed by atoms with E-state index >= 15 is 0 Å². The molecule has 4 nitrogen and oxygen atoms in total. The van der Waals surface area contributed by atoms with E-state index in [1.807, 2.05) is 12.1 Å². The number of hydrogen-bond donors (Lipinski definition) is 0. The SMILES string of the molecule is CC(C)CC(C)COc1ccc(-c2ccnc(Cl)n2)cc1C#N. The number of nitriles is 1. The van der Waals surface area contributed by atoms with Crippen LogP contribution in [0, 0.1) is 23.2 Å². The van der Waals surface area contributed by atoms with Crippen molar-refractivity contribution in [3.63, 3.8) is 0 Å². The Morgan fingerprint density at radius 3 is 2.70 bits per heavy atom. The average molecular weight is 330 g/mol. The molecule has 0 aliphatic carbocycles.